The molecule has 0 aromatic carbocycles. The number of nitrogens with one attached hydrogen (secondary N) is 1. The summed E-state index contributed by atoms with van der Waals surface area (Å²) in [6, 6.07) is -1.25. The Hall–Kier alpha value is -1.74. The zero-order valence-electron chi connectivity index (χ0n) is 34.7. The Morgan fingerprint density at radius 1 is 0.649 bits per heavy atom. The highest BCUT2D eigenvalue weighted by Gasteiger charge is 2.51. The van der Waals surface area contributed by atoms with Gasteiger partial charge in [0.05, 0.1) is 31.3 Å². The van der Waals surface area contributed by atoms with Gasteiger partial charge in [-0.3, -0.25) is 13.8 Å². The number of aliphatic hydroxyl groups excluding tert-OH is 7. The maximum Gasteiger partial charge on any atom is 0.472 e. The fourth-order valence-corrected chi connectivity index (χ4v) is 7.54. The number of hydrogen-bond donors (Lipinski definition) is 9. The molecule has 8 unspecified atom stereocenters. The molecule has 332 valence electrons. The fraction of sp³-hybridized carbons (Fsp3) is 0.791. The number of phosphoric ester groups is 1. The third-order valence-electron chi connectivity index (χ3n) is 10.1. The van der Waals surface area contributed by atoms with Crippen molar-refractivity contribution >= 4 is 13.7 Å². The first kappa shape index (κ1) is 53.3. The molecule has 0 spiro atoms. The van der Waals surface area contributed by atoms with Crippen molar-refractivity contribution in [3.8, 4) is 0 Å². The van der Waals surface area contributed by atoms with Crippen LogP contribution in [0.25, 0.3) is 0 Å². The van der Waals surface area contributed by atoms with Crippen LogP contribution in [0.5, 0.6) is 0 Å². The lowest BCUT2D eigenvalue weighted by Gasteiger charge is -2.41. The van der Waals surface area contributed by atoms with E-state index in [-0.39, 0.29) is 6.42 Å². The molecular formula is C43H78NO12P. The van der Waals surface area contributed by atoms with Crippen molar-refractivity contribution in [3.05, 3.63) is 48.6 Å². The molecule has 0 aromatic heterocycles. The monoisotopic (exact) mass is 832 g/mol. The minimum absolute atomic E-state index is 0.255. The van der Waals surface area contributed by atoms with E-state index >= 15 is 0 Å². The number of allylic oxidation sites excluding steroid dienone is 7. The molecule has 1 fully saturated rings. The molecule has 1 rings (SSSR count). The van der Waals surface area contributed by atoms with Gasteiger partial charge in [0.25, 0.3) is 0 Å². The predicted molar refractivity (Wildman–Crippen MR) is 224 cm³/mol. The largest absolute Gasteiger partial charge is 0.472 e. The van der Waals surface area contributed by atoms with Gasteiger partial charge in [0.1, 0.15) is 36.6 Å². The molecule has 14 heteroatoms. The van der Waals surface area contributed by atoms with Crippen LogP contribution >= 0.6 is 7.82 Å². The number of hydrogen-bond acceptors (Lipinski definition) is 11. The number of rotatable bonds is 34. The molecule has 0 heterocycles. The number of phosphoric acid groups is 1. The Morgan fingerprint density at radius 2 is 1.14 bits per heavy atom. The van der Waals surface area contributed by atoms with Crippen LogP contribution < -0.4 is 5.32 Å². The highest BCUT2D eigenvalue weighted by Crippen LogP contribution is 2.47. The average molecular weight is 832 g/mol. The third kappa shape index (κ3) is 25.5. The van der Waals surface area contributed by atoms with E-state index in [9.17, 15) is 50.0 Å². The summed E-state index contributed by atoms with van der Waals surface area (Å²) in [7, 11) is -5.14. The summed E-state index contributed by atoms with van der Waals surface area (Å²) in [5.41, 5.74) is 0. The van der Waals surface area contributed by atoms with Crippen molar-refractivity contribution in [2.45, 2.75) is 210 Å². The van der Waals surface area contributed by atoms with Gasteiger partial charge in [0, 0.05) is 0 Å². The minimum atomic E-state index is -5.14. The number of carbonyl (C=O) groups is 1. The molecule has 13 nitrogen and oxygen atoms in total. The number of unbranched alkanes of at least 4 members (excludes halogenated alkanes) is 15. The molecule has 0 bridgehead atoms. The van der Waals surface area contributed by atoms with Gasteiger partial charge in [-0.25, -0.2) is 4.57 Å². The Labute approximate surface area is 342 Å². The number of aliphatic hydroxyl groups is 7. The summed E-state index contributed by atoms with van der Waals surface area (Å²) < 4.78 is 22.7. The van der Waals surface area contributed by atoms with Crippen molar-refractivity contribution in [2.75, 3.05) is 6.61 Å². The Balaban J connectivity index is 2.47. The Bertz CT molecular complexity index is 1170. The van der Waals surface area contributed by atoms with E-state index in [0.717, 1.165) is 64.2 Å². The van der Waals surface area contributed by atoms with Crippen LogP contribution in [-0.2, 0) is 18.4 Å². The van der Waals surface area contributed by atoms with Crippen molar-refractivity contribution < 1.29 is 59.0 Å². The smallest absolute Gasteiger partial charge is 0.393 e. The molecule has 1 amide bonds. The molecular weight excluding hydrogens is 753 g/mol. The molecule has 0 radical (unpaired) electrons. The van der Waals surface area contributed by atoms with Gasteiger partial charge in [0.15, 0.2) is 0 Å². The number of carbonyl (C=O) groups excluding carboxylic acids is 1. The minimum Gasteiger partial charge on any atom is -0.393 e. The summed E-state index contributed by atoms with van der Waals surface area (Å²) in [5.74, 6) is -0.609. The Kier molecular flexibility index (Phi) is 30.9. The molecule has 1 aliphatic carbocycles. The summed E-state index contributed by atoms with van der Waals surface area (Å²) in [6.45, 7) is 3.51. The van der Waals surface area contributed by atoms with Crippen LogP contribution in [0.2, 0.25) is 0 Å². The van der Waals surface area contributed by atoms with Crippen LogP contribution in [0.4, 0.5) is 0 Å². The van der Waals surface area contributed by atoms with E-state index in [4.69, 9.17) is 9.05 Å². The van der Waals surface area contributed by atoms with E-state index < -0.39 is 75.2 Å². The van der Waals surface area contributed by atoms with Crippen LogP contribution in [0.3, 0.4) is 0 Å². The van der Waals surface area contributed by atoms with E-state index in [0.29, 0.717) is 12.8 Å². The predicted octanol–water partition coefficient (Wildman–Crippen LogP) is 6.36. The van der Waals surface area contributed by atoms with E-state index in [1.54, 1.807) is 6.08 Å². The van der Waals surface area contributed by atoms with Gasteiger partial charge >= 0.3 is 7.82 Å². The highest BCUT2D eigenvalue weighted by atomic mass is 31.2. The topological polar surface area (TPSA) is 226 Å². The normalized spacial score (nSPS) is 24.5. The highest BCUT2D eigenvalue weighted by molar-refractivity contribution is 7.47. The Morgan fingerprint density at radius 3 is 1.74 bits per heavy atom. The molecule has 1 saturated carbocycles. The van der Waals surface area contributed by atoms with Gasteiger partial charge in [-0.15, -0.1) is 0 Å². The zero-order chi connectivity index (χ0) is 42.3. The SMILES string of the molecule is CC/C=C\C/C=C\CCCCCCCCCCCCCCC(O)CC(=O)NC(COP(=O)(O)OC1C(O)C(O)C(O)C(O)C1O)C(O)/C=C/CC/C=C/CCCC. The van der Waals surface area contributed by atoms with Crippen LogP contribution in [-0.4, -0.2) is 108 Å². The zero-order valence-corrected chi connectivity index (χ0v) is 35.6. The maximum absolute atomic E-state index is 12.9. The lowest BCUT2D eigenvalue weighted by molar-refractivity contribution is -0.220. The summed E-state index contributed by atoms with van der Waals surface area (Å²) in [4.78, 5) is 23.3. The van der Waals surface area contributed by atoms with E-state index in [2.05, 4.69) is 49.5 Å². The molecule has 8 atom stereocenters. The molecule has 0 aromatic rings. The third-order valence-corrected chi connectivity index (χ3v) is 11.1. The van der Waals surface area contributed by atoms with Crippen molar-refractivity contribution in [3.63, 3.8) is 0 Å². The number of amides is 1. The quantitative estimate of drug-likeness (QED) is 0.0196. The first-order valence-corrected chi connectivity index (χ1v) is 23.2. The second-order valence-electron chi connectivity index (χ2n) is 15.3. The average Bonchev–Trinajstić information content (AvgIpc) is 3.18. The van der Waals surface area contributed by atoms with Gasteiger partial charge < -0.3 is 46.0 Å². The van der Waals surface area contributed by atoms with Gasteiger partial charge in [-0.1, -0.05) is 146 Å². The second-order valence-corrected chi connectivity index (χ2v) is 16.7. The summed E-state index contributed by atoms with van der Waals surface area (Å²) in [6.07, 6.45) is 23.9. The second kappa shape index (κ2) is 33.0. The molecule has 9 N–H and O–H groups in total. The van der Waals surface area contributed by atoms with Gasteiger partial charge in [-0.2, -0.15) is 0 Å². The maximum atomic E-state index is 12.9. The van der Waals surface area contributed by atoms with E-state index in [1.165, 1.54) is 63.9 Å². The van der Waals surface area contributed by atoms with Gasteiger partial charge in [-0.05, 0) is 51.4 Å². The summed E-state index contributed by atoms with van der Waals surface area (Å²) >= 11 is 0. The van der Waals surface area contributed by atoms with Crippen molar-refractivity contribution in [1.82, 2.24) is 5.32 Å². The fourth-order valence-electron chi connectivity index (χ4n) is 6.57. The molecule has 57 heavy (non-hydrogen) atoms. The molecule has 0 saturated heterocycles. The van der Waals surface area contributed by atoms with Crippen molar-refractivity contribution in [2.24, 2.45) is 0 Å². The van der Waals surface area contributed by atoms with Crippen LogP contribution in [0.15, 0.2) is 48.6 Å². The standard InChI is InChI=1S/C43H78NO12P/c1-3-5-7-9-11-13-14-15-16-17-18-19-20-21-22-23-24-26-28-30-34(45)32-37(47)44-35(36(46)31-29-27-25-12-10-8-6-4-2)33-55-57(53,54)56-43-41(51)39(49)38(48)40(50)42(43)52/h5,7,10-13,29,31,34-36,38-43,45-46,48-52H,3-4,6,8-9,14-28,30,32-33H2,1-2H3,(H,44,47)(H,53,54)/b7-5-,12-10+,13-11-,31-29+. The van der Waals surface area contributed by atoms with Crippen LogP contribution in [0.1, 0.15) is 155 Å². The van der Waals surface area contributed by atoms with E-state index in [1.807, 2.05) is 6.08 Å². The molecule has 1 aliphatic rings. The first-order chi connectivity index (χ1) is 27.3. The van der Waals surface area contributed by atoms with Crippen molar-refractivity contribution in [1.29, 1.82) is 0 Å². The molecule has 0 aliphatic heterocycles. The first-order valence-electron chi connectivity index (χ1n) is 21.7. The van der Waals surface area contributed by atoms with Crippen LogP contribution in [0, 0.1) is 0 Å². The lowest BCUT2D eigenvalue weighted by atomic mass is 9.85. The van der Waals surface area contributed by atoms with Gasteiger partial charge in [0.2, 0.25) is 5.91 Å². The lowest BCUT2D eigenvalue weighted by Crippen LogP contribution is -2.64. The summed E-state index contributed by atoms with van der Waals surface area (Å²) in [5, 5.41) is 74.1.